The van der Waals surface area contributed by atoms with Gasteiger partial charge in [-0.25, -0.2) is 0 Å². The highest BCUT2D eigenvalue weighted by atomic mass is 35.5. The van der Waals surface area contributed by atoms with E-state index in [2.05, 4.69) is 0 Å². The highest BCUT2D eigenvalue weighted by molar-refractivity contribution is 8.18. The van der Waals surface area contributed by atoms with Crippen LogP contribution in [-0.4, -0.2) is 23.2 Å². The fourth-order valence-electron chi connectivity index (χ4n) is 2.51. The Balaban J connectivity index is 1.85. The Morgan fingerprint density at radius 2 is 1.96 bits per heavy atom. The zero-order chi connectivity index (χ0) is 18.0. The zero-order valence-corrected chi connectivity index (χ0v) is 15.4. The Morgan fingerprint density at radius 3 is 2.68 bits per heavy atom. The molecule has 25 heavy (non-hydrogen) atoms. The summed E-state index contributed by atoms with van der Waals surface area (Å²) in [6, 6.07) is 12.8. The van der Waals surface area contributed by atoms with Crippen molar-refractivity contribution in [1.82, 2.24) is 4.90 Å². The van der Waals surface area contributed by atoms with Gasteiger partial charge < -0.3 is 4.74 Å². The van der Waals surface area contributed by atoms with Gasteiger partial charge in [-0.15, -0.1) is 0 Å². The van der Waals surface area contributed by atoms with Crippen molar-refractivity contribution < 1.29 is 14.3 Å². The van der Waals surface area contributed by atoms with E-state index in [9.17, 15) is 9.59 Å². The number of ether oxygens (including phenoxy) is 1. The maximum absolute atomic E-state index is 12.6. The van der Waals surface area contributed by atoms with E-state index in [-0.39, 0.29) is 17.7 Å². The number of imide groups is 1. The summed E-state index contributed by atoms with van der Waals surface area (Å²) in [4.78, 5) is 26.4. The molecule has 0 spiro atoms. The van der Waals surface area contributed by atoms with E-state index in [1.165, 1.54) is 4.90 Å². The van der Waals surface area contributed by atoms with Crippen LogP contribution in [0.5, 0.6) is 5.75 Å². The van der Waals surface area contributed by atoms with Gasteiger partial charge in [0.1, 0.15) is 5.75 Å². The number of halogens is 1. The topological polar surface area (TPSA) is 46.6 Å². The van der Waals surface area contributed by atoms with Crippen molar-refractivity contribution >= 4 is 40.6 Å². The van der Waals surface area contributed by atoms with Crippen LogP contribution in [0.4, 0.5) is 4.79 Å². The van der Waals surface area contributed by atoms with Crippen LogP contribution >= 0.6 is 23.4 Å². The number of thioether (sulfide) groups is 1. The second-order valence-electron chi connectivity index (χ2n) is 5.59. The Bertz CT molecular complexity index is 879. The Morgan fingerprint density at radius 1 is 1.20 bits per heavy atom. The molecular weight excluding hydrogens is 358 g/mol. The van der Waals surface area contributed by atoms with Gasteiger partial charge in [0.15, 0.2) is 0 Å². The molecule has 0 aromatic heterocycles. The van der Waals surface area contributed by atoms with Gasteiger partial charge in [0.25, 0.3) is 11.1 Å². The van der Waals surface area contributed by atoms with Crippen LogP contribution in [0, 0.1) is 6.92 Å². The predicted octanol–water partition coefficient (Wildman–Crippen LogP) is 4.89. The molecule has 0 saturated carbocycles. The molecule has 0 radical (unpaired) electrons. The molecule has 0 bridgehead atoms. The van der Waals surface area contributed by atoms with Gasteiger partial charge in [-0.2, -0.15) is 0 Å². The van der Waals surface area contributed by atoms with E-state index < -0.39 is 0 Å². The average Bonchev–Trinajstić information content (AvgIpc) is 2.86. The van der Waals surface area contributed by atoms with Crippen LogP contribution in [0.2, 0.25) is 5.02 Å². The minimum Gasteiger partial charge on any atom is -0.496 e. The second kappa shape index (κ2) is 7.33. The van der Waals surface area contributed by atoms with E-state index in [1.807, 2.05) is 37.3 Å². The third-order valence-corrected chi connectivity index (χ3v) is 5.17. The second-order valence-corrected chi connectivity index (χ2v) is 6.99. The summed E-state index contributed by atoms with van der Waals surface area (Å²) in [7, 11) is 1.60. The number of carbonyl (C=O) groups excluding carboxylic acids is 2. The van der Waals surface area contributed by atoms with Crippen LogP contribution in [0.15, 0.2) is 47.4 Å². The van der Waals surface area contributed by atoms with Gasteiger partial charge in [-0.1, -0.05) is 41.9 Å². The molecule has 1 saturated heterocycles. The first-order valence-electron chi connectivity index (χ1n) is 7.63. The van der Waals surface area contributed by atoms with Crippen molar-refractivity contribution in [1.29, 1.82) is 0 Å². The number of methoxy groups -OCH3 is 1. The molecule has 1 aliphatic heterocycles. The molecule has 0 unspecified atom stereocenters. The fraction of sp³-hybridized carbons (Fsp3) is 0.158. The Labute approximate surface area is 155 Å². The number of nitrogens with zero attached hydrogens (tertiary/aromatic N) is 1. The van der Waals surface area contributed by atoms with Crippen LogP contribution < -0.4 is 4.74 Å². The molecule has 0 atom stereocenters. The molecule has 4 nitrogen and oxygen atoms in total. The van der Waals surface area contributed by atoms with Crippen molar-refractivity contribution in [2.45, 2.75) is 13.5 Å². The van der Waals surface area contributed by atoms with Crippen LogP contribution in [0.3, 0.4) is 0 Å². The first-order valence-corrected chi connectivity index (χ1v) is 8.82. The predicted molar refractivity (Wildman–Crippen MR) is 101 cm³/mol. The molecule has 0 N–H and O–H groups in total. The maximum atomic E-state index is 12.6. The van der Waals surface area contributed by atoms with Crippen molar-refractivity contribution in [2.24, 2.45) is 0 Å². The summed E-state index contributed by atoms with van der Waals surface area (Å²) < 4.78 is 5.30. The molecule has 1 heterocycles. The summed E-state index contributed by atoms with van der Waals surface area (Å²) in [5.74, 6) is 0.429. The van der Waals surface area contributed by atoms with Crippen molar-refractivity contribution in [3.8, 4) is 5.75 Å². The fourth-order valence-corrected chi connectivity index (χ4v) is 3.54. The van der Waals surface area contributed by atoms with Gasteiger partial charge >= 0.3 is 0 Å². The zero-order valence-electron chi connectivity index (χ0n) is 13.8. The highest BCUT2D eigenvalue weighted by Gasteiger charge is 2.35. The Kier molecular flexibility index (Phi) is 5.16. The van der Waals surface area contributed by atoms with Crippen LogP contribution in [0.25, 0.3) is 6.08 Å². The summed E-state index contributed by atoms with van der Waals surface area (Å²) in [6.45, 7) is 2.11. The lowest BCUT2D eigenvalue weighted by Crippen LogP contribution is -2.27. The number of hydrogen-bond acceptors (Lipinski definition) is 4. The lowest BCUT2D eigenvalue weighted by atomic mass is 10.1. The minimum absolute atomic E-state index is 0.166. The molecule has 2 aromatic rings. The smallest absolute Gasteiger partial charge is 0.293 e. The van der Waals surface area contributed by atoms with Gasteiger partial charge in [-0.05, 0) is 53.6 Å². The van der Waals surface area contributed by atoms with Crippen molar-refractivity contribution in [2.75, 3.05) is 7.11 Å². The first-order chi connectivity index (χ1) is 12.0. The summed E-state index contributed by atoms with van der Waals surface area (Å²) in [5.41, 5.74) is 2.56. The van der Waals surface area contributed by atoms with E-state index in [4.69, 9.17) is 16.3 Å². The number of hydrogen-bond donors (Lipinski definition) is 0. The third kappa shape index (κ3) is 3.72. The van der Waals surface area contributed by atoms with Crippen molar-refractivity contribution in [3.63, 3.8) is 0 Å². The molecule has 2 amide bonds. The number of amides is 2. The van der Waals surface area contributed by atoms with Crippen molar-refractivity contribution in [3.05, 3.63) is 69.1 Å². The number of rotatable bonds is 4. The first kappa shape index (κ1) is 17.6. The number of carbonyl (C=O) groups is 2. The molecule has 3 rings (SSSR count). The lowest BCUT2D eigenvalue weighted by molar-refractivity contribution is -0.123. The van der Waals surface area contributed by atoms with Gasteiger partial charge in [0, 0.05) is 5.02 Å². The molecule has 0 aliphatic carbocycles. The number of benzene rings is 2. The molecule has 1 aliphatic rings. The van der Waals surface area contributed by atoms with Gasteiger partial charge in [0.05, 0.1) is 18.6 Å². The molecule has 6 heteroatoms. The summed E-state index contributed by atoms with van der Waals surface area (Å²) in [6.07, 6.45) is 1.71. The van der Waals surface area contributed by atoms with E-state index in [0.29, 0.717) is 9.93 Å². The summed E-state index contributed by atoms with van der Waals surface area (Å²) >= 11 is 7.06. The Hall–Kier alpha value is -2.24. The van der Waals surface area contributed by atoms with E-state index in [0.717, 1.165) is 34.2 Å². The normalized spacial score (nSPS) is 16.0. The molecule has 128 valence electrons. The van der Waals surface area contributed by atoms with Crippen LogP contribution in [0.1, 0.15) is 16.7 Å². The standard InChI is InChI=1S/C19H16ClNO3S/c1-12-7-8-13(9-16(12)24-2)10-17-18(22)21(19(23)25-17)11-14-5-3-4-6-15(14)20/h3-10H,11H2,1-2H3. The van der Waals surface area contributed by atoms with E-state index in [1.54, 1.807) is 25.3 Å². The third-order valence-electron chi connectivity index (χ3n) is 3.89. The highest BCUT2D eigenvalue weighted by Crippen LogP contribution is 2.34. The maximum Gasteiger partial charge on any atom is 0.293 e. The molecular formula is C19H16ClNO3S. The molecule has 2 aromatic carbocycles. The number of aryl methyl sites for hydroxylation is 1. The lowest BCUT2D eigenvalue weighted by Gasteiger charge is -2.13. The minimum atomic E-state index is -0.311. The largest absolute Gasteiger partial charge is 0.496 e. The average molecular weight is 374 g/mol. The summed E-state index contributed by atoms with van der Waals surface area (Å²) in [5, 5.41) is 0.240. The molecule has 1 fully saturated rings. The monoisotopic (exact) mass is 373 g/mol. The van der Waals surface area contributed by atoms with Crippen LogP contribution in [-0.2, 0) is 11.3 Å². The van der Waals surface area contributed by atoms with E-state index >= 15 is 0 Å². The van der Waals surface area contributed by atoms with Gasteiger partial charge in [0.2, 0.25) is 0 Å². The van der Waals surface area contributed by atoms with Gasteiger partial charge in [-0.3, -0.25) is 14.5 Å². The quantitative estimate of drug-likeness (QED) is 0.715. The SMILES string of the molecule is COc1cc(C=C2SC(=O)N(Cc3ccccc3Cl)C2=O)ccc1C.